The van der Waals surface area contributed by atoms with Crippen molar-refractivity contribution >= 4 is 29.9 Å². The Balaban J connectivity index is 1.50. The van der Waals surface area contributed by atoms with Gasteiger partial charge in [0.15, 0.2) is 11.9 Å². The molecule has 1 atom stereocenters. The Morgan fingerprint density at radius 1 is 0.702 bits per heavy atom. The molecule has 1 aliphatic rings. The Morgan fingerprint density at radius 3 is 1.79 bits per heavy atom. The highest BCUT2D eigenvalue weighted by molar-refractivity contribution is 6.01. The van der Waals surface area contributed by atoms with Gasteiger partial charge in [-0.3, -0.25) is 14.4 Å². The average molecular weight is 769 g/mol. The zero-order valence-corrected chi connectivity index (χ0v) is 34.4. The fourth-order valence-corrected chi connectivity index (χ4v) is 5.97. The van der Waals surface area contributed by atoms with Crippen molar-refractivity contribution in [2.75, 3.05) is 0 Å². The van der Waals surface area contributed by atoms with Gasteiger partial charge in [-0.25, -0.2) is 0 Å². The number of ether oxygens (including phenoxy) is 2. The lowest BCUT2D eigenvalue weighted by Crippen LogP contribution is -2.39. The standard InChI is InChI=1S/C50H56O7/c1-9-14-35(2)17-12-18-36(3)15-10-11-16-37(4)19-13-20-38(5)21-28-45-39(6)49(55)46(34-50(45,7)8)57-48(54)30-29-47(53)56-44-26-24-40(25-27-44)22-23-41-31-42(51)33-43(52)32-41/h9-28,31-33,46,51-52H,29-30,34H2,1-8H3. The molecule has 0 heterocycles. The maximum atomic E-state index is 13.3. The first-order valence-electron chi connectivity index (χ1n) is 19.1. The van der Waals surface area contributed by atoms with E-state index in [9.17, 15) is 24.6 Å². The third kappa shape index (κ3) is 16.2. The van der Waals surface area contributed by atoms with Gasteiger partial charge < -0.3 is 19.7 Å². The number of carbonyl (C=O) groups is 3. The van der Waals surface area contributed by atoms with Crippen molar-refractivity contribution in [3.8, 4) is 17.2 Å². The predicted molar refractivity (Wildman–Crippen MR) is 232 cm³/mol. The first kappa shape index (κ1) is 45.2. The van der Waals surface area contributed by atoms with E-state index in [1.165, 1.54) is 23.8 Å². The monoisotopic (exact) mass is 768 g/mol. The first-order chi connectivity index (χ1) is 27.1. The number of esters is 2. The van der Waals surface area contributed by atoms with Gasteiger partial charge in [-0.2, -0.15) is 0 Å². The lowest BCUT2D eigenvalue weighted by molar-refractivity contribution is -0.157. The van der Waals surface area contributed by atoms with Gasteiger partial charge in [0, 0.05) is 12.5 Å². The number of Topliss-reactive ketones (excluding diaryl/α,β-unsaturated/α-hetero) is 1. The molecular formula is C50H56O7. The number of hydrogen-bond donors (Lipinski definition) is 2. The van der Waals surface area contributed by atoms with E-state index in [0.29, 0.717) is 23.3 Å². The molecule has 0 bridgehead atoms. The molecule has 7 heteroatoms. The summed E-state index contributed by atoms with van der Waals surface area (Å²) in [6, 6.07) is 11.0. The Labute approximate surface area is 338 Å². The highest BCUT2D eigenvalue weighted by Crippen LogP contribution is 2.41. The molecule has 0 spiro atoms. The number of phenols is 2. The van der Waals surface area contributed by atoms with Crippen LogP contribution in [0.25, 0.3) is 12.2 Å². The van der Waals surface area contributed by atoms with Crippen molar-refractivity contribution in [2.24, 2.45) is 5.41 Å². The fourth-order valence-electron chi connectivity index (χ4n) is 5.97. The zero-order valence-electron chi connectivity index (χ0n) is 34.4. The van der Waals surface area contributed by atoms with Crippen molar-refractivity contribution < 1.29 is 34.1 Å². The normalized spacial score (nSPS) is 17.4. The number of rotatable bonds is 16. The van der Waals surface area contributed by atoms with Gasteiger partial charge in [-0.05, 0) is 93.5 Å². The van der Waals surface area contributed by atoms with Crippen molar-refractivity contribution in [3.63, 3.8) is 0 Å². The summed E-state index contributed by atoms with van der Waals surface area (Å²) in [7, 11) is 0. The zero-order chi connectivity index (χ0) is 42.0. The van der Waals surface area contributed by atoms with Crippen molar-refractivity contribution in [1.29, 1.82) is 0 Å². The van der Waals surface area contributed by atoms with Gasteiger partial charge in [0.05, 0.1) is 12.8 Å². The average Bonchev–Trinajstić information content (AvgIpc) is 3.14. The minimum Gasteiger partial charge on any atom is -0.508 e. The summed E-state index contributed by atoms with van der Waals surface area (Å²) in [5, 5.41) is 19.3. The molecular weight excluding hydrogens is 713 g/mol. The Hall–Kier alpha value is -6.21. The molecule has 0 amide bonds. The van der Waals surface area contributed by atoms with Gasteiger partial charge in [0.25, 0.3) is 0 Å². The second-order valence-electron chi connectivity index (χ2n) is 14.7. The van der Waals surface area contributed by atoms with Crippen LogP contribution in [-0.2, 0) is 19.1 Å². The SMILES string of the molecule is CC=CC(C)=CC=CC(C)=CC=CC=C(C)C=CC=C(C)C=CC1=C(C)C(=O)C(OC(=O)CCC(=O)Oc2ccc(C=Cc3cc(O)cc(O)c3)cc2)CC1(C)C. The number of allylic oxidation sites excluding steroid dienone is 19. The molecule has 0 radical (unpaired) electrons. The van der Waals surface area contributed by atoms with Crippen LogP contribution in [0, 0.1) is 5.41 Å². The summed E-state index contributed by atoms with van der Waals surface area (Å²) < 4.78 is 11.0. The predicted octanol–water partition coefficient (Wildman–Crippen LogP) is 11.8. The molecule has 1 aliphatic carbocycles. The minimum absolute atomic E-state index is 0.0426. The third-order valence-corrected chi connectivity index (χ3v) is 9.01. The van der Waals surface area contributed by atoms with E-state index in [4.69, 9.17) is 9.47 Å². The number of phenolic OH excluding ortho intramolecular Hbond substituents is 2. The molecule has 7 nitrogen and oxygen atoms in total. The molecule has 0 saturated heterocycles. The van der Waals surface area contributed by atoms with Crippen LogP contribution < -0.4 is 4.74 Å². The number of benzene rings is 2. The first-order valence-corrected chi connectivity index (χ1v) is 19.1. The topological polar surface area (TPSA) is 110 Å². The summed E-state index contributed by atoms with van der Waals surface area (Å²) in [5.74, 6) is -1.25. The maximum absolute atomic E-state index is 13.3. The van der Waals surface area contributed by atoms with Crippen LogP contribution in [-0.4, -0.2) is 34.0 Å². The number of hydrogen-bond acceptors (Lipinski definition) is 7. The van der Waals surface area contributed by atoms with E-state index in [0.717, 1.165) is 27.9 Å². The fraction of sp³-hybridized carbons (Fsp3) is 0.260. The molecule has 57 heavy (non-hydrogen) atoms. The summed E-state index contributed by atoms with van der Waals surface area (Å²) >= 11 is 0. The molecule has 2 aromatic rings. The lowest BCUT2D eigenvalue weighted by Gasteiger charge is -2.36. The molecule has 298 valence electrons. The van der Waals surface area contributed by atoms with Crippen LogP contribution in [0.15, 0.2) is 161 Å². The smallest absolute Gasteiger partial charge is 0.311 e. The van der Waals surface area contributed by atoms with Gasteiger partial charge in [0.2, 0.25) is 0 Å². The van der Waals surface area contributed by atoms with Crippen molar-refractivity contribution in [3.05, 3.63) is 172 Å². The van der Waals surface area contributed by atoms with E-state index in [2.05, 4.69) is 44.2 Å². The van der Waals surface area contributed by atoms with Gasteiger partial charge in [0.1, 0.15) is 17.2 Å². The molecule has 2 aromatic carbocycles. The van der Waals surface area contributed by atoms with Crippen LogP contribution in [0.5, 0.6) is 17.2 Å². The van der Waals surface area contributed by atoms with Crippen LogP contribution in [0.1, 0.15) is 85.8 Å². The van der Waals surface area contributed by atoms with Crippen LogP contribution in [0.3, 0.4) is 0 Å². The second-order valence-corrected chi connectivity index (χ2v) is 14.7. The maximum Gasteiger partial charge on any atom is 0.311 e. The Kier molecular flexibility index (Phi) is 17.7. The molecule has 1 unspecified atom stereocenters. The largest absolute Gasteiger partial charge is 0.508 e. The van der Waals surface area contributed by atoms with Gasteiger partial charge >= 0.3 is 11.9 Å². The highest BCUT2D eigenvalue weighted by Gasteiger charge is 2.39. The van der Waals surface area contributed by atoms with Crippen molar-refractivity contribution in [2.45, 2.75) is 80.8 Å². The van der Waals surface area contributed by atoms with Crippen molar-refractivity contribution in [1.82, 2.24) is 0 Å². The number of aromatic hydroxyl groups is 2. The summed E-state index contributed by atoms with van der Waals surface area (Å²) in [6.07, 6.45) is 30.9. The molecule has 0 saturated carbocycles. The summed E-state index contributed by atoms with van der Waals surface area (Å²) in [5.41, 5.74) is 6.91. The Morgan fingerprint density at radius 2 is 1.21 bits per heavy atom. The molecule has 0 aromatic heterocycles. The van der Waals surface area contributed by atoms with E-state index in [1.54, 1.807) is 43.3 Å². The second kappa shape index (κ2) is 22.4. The minimum atomic E-state index is -0.932. The quantitative estimate of drug-likeness (QED) is 0.0757. The molecule has 0 fully saturated rings. The van der Waals surface area contributed by atoms with Gasteiger partial charge in [-0.1, -0.05) is 145 Å². The van der Waals surface area contributed by atoms with Crippen LogP contribution in [0.4, 0.5) is 0 Å². The highest BCUT2D eigenvalue weighted by atomic mass is 16.6. The lowest BCUT2D eigenvalue weighted by atomic mass is 9.71. The van der Waals surface area contributed by atoms with Crippen LogP contribution in [0.2, 0.25) is 0 Å². The molecule has 3 rings (SSSR count). The van der Waals surface area contributed by atoms with Crippen LogP contribution >= 0.6 is 0 Å². The molecule has 0 aliphatic heterocycles. The summed E-state index contributed by atoms with van der Waals surface area (Å²) in [6.45, 7) is 16.0. The van der Waals surface area contributed by atoms with E-state index >= 15 is 0 Å². The number of ketones is 1. The Bertz CT molecular complexity index is 2080. The third-order valence-electron chi connectivity index (χ3n) is 9.01. The van der Waals surface area contributed by atoms with E-state index < -0.39 is 23.5 Å². The molecule has 2 N–H and O–H groups in total. The van der Waals surface area contributed by atoms with E-state index in [-0.39, 0.29) is 30.1 Å². The van der Waals surface area contributed by atoms with Gasteiger partial charge in [-0.15, -0.1) is 0 Å². The van der Waals surface area contributed by atoms with E-state index in [1.807, 2.05) is 89.3 Å². The number of carbonyl (C=O) groups excluding carboxylic acids is 3. The summed E-state index contributed by atoms with van der Waals surface area (Å²) in [4.78, 5) is 38.5.